The molecule has 1 heterocycles. The summed E-state index contributed by atoms with van der Waals surface area (Å²) in [7, 11) is 3.94. The summed E-state index contributed by atoms with van der Waals surface area (Å²) >= 11 is 0. The van der Waals surface area contributed by atoms with Crippen LogP contribution in [0.1, 0.15) is 0 Å². The van der Waals surface area contributed by atoms with Crippen LogP contribution in [-0.4, -0.2) is 19.1 Å². The first kappa shape index (κ1) is 10.8. The third-order valence-electron chi connectivity index (χ3n) is 3.23. The predicted octanol–water partition coefficient (Wildman–Crippen LogP) is 2.75. The van der Waals surface area contributed by atoms with Gasteiger partial charge in [0.1, 0.15) is 0 Å². The van der Waals surface area contributed by atoms with Gasteiger partial charge in [0.05, 0.1) is 0 Å². The first-order valence-corrected chi connectivity index (χ1v) is 5.89. The number of aromatic nitrogens is 1. The smallest absolute Gasteiger partial charge is 0.256 e. The first-order chi connectivity index (χ1) is 8.66. The number of para-hydroxylation sites is 1. The van der Waals surface area contributed by atoms with E-state index in [9.17, 15) is 4.79 Å². The van der Waals surface area contributed by atoms with Crippen molar-refractivity contribution in [1.82, 2.24) is 4.98 Å². The Morgan fingerprint density at radius 3 is 2.50 bits per heavy atom. The molecule has 1 N–H and O–H groups in total. The lowest BCUT2D eigenvalue weighted by atomic mass is 10.1. The number of nitrogens with one attached hydrogen (secondary N) is 1. The summed E-state index contributed by atoms with van der Waals surface area (Å²) in [6, 6.07) is 13.9. The van der Waals surface area contributed by atoms with Crippen LogP contribution in [0.2, 0.25) is 0 Å². The van der Waals surface area contributed by atoms with E-state index >= 15 is 0 Å². The van der Waals surface area contributed by atoms with Crippen LogP contribution in [0.5, 0.6) is 0 Å². The molecule has 0 unspecified atom stereocenters. The van der Waals surface area contributed by atoms with E-state index in [0.29, 0.717) is 0 Å². The Morgan fingerprint density at radius 2 is 1.72 bits per heavy atom. The van der Waals surface area contributed by atoms with E-state index in [0.717, 1.165) is 27.4 Å². The molecular weight excluding hydrogens is 224 g/mol. The molecule has 0 bridgehead atoms. The van der Waals surface area contributed by atoms with Crippen LogP contribution in [0.25, 0.3) is 21.7 Å². The van der Waals surface area contributed by atoms with Gasteiger partial charge in [-0.3, -0.25) is 4.79 Å². The molecule has 0 radical (unpaired) electrons. The van der Waals surface area contributed by atoms with E-state index < -0.39 is 0 Å². The zero-order valence-corrected chi connectivity index (χ0v) is 10.4. The lowest BCUT2D eigenvalue weighted by Gasteiger charge is -2.13. The topological polar surface area (TPSA) is 36.1 Å². The van der Waals surface area contributed by atoms with Gasteiger partial charge in [-0.15, -0.1) is 0 Å². The number of rotatable bonds is 1. The number of hydrogen-bond acceptors (Lipinski definition) is 2. The average molecular weight is 238 g/mol. The maximum atomic E-state index is 12.1. The fraction of sp³-hybridized carbons (Fsp3) is 0.133. The van der Waals surface area contributed by atoms with Gasteiger partial charge in [0.25, 0.3) is 5.56 Å². The molecule has 0 aliphatic rings. The Bertz CT molecular complexity index is 787. The van der Waals surface area contributed by atoms with Gasteiger partial charge in [-0.25, -0.2) is 0 Å². The van der Waals surface area contributed by atoms with Crippen molar-refractivity contribution in [2.24, 2.45) is 0 Å². The molecule has 0 saturated heterocycles. The molecule has 0 saturated carbocycles. The van der Waals surface area contributed by atoms with Crippen molar-refractivity contribution in [2.75, 3.05) is 19.0 Å². The van der Waals surface area contributed by atoms with Gasteiger partial charge in [-0.2, -0.15) is 0 Å². The summed E-state index contributed by atoms with van der Waals surface area (Å²) in [5.41, 5.74) is 1.88. The molecule has 0 fully saturated rings. The van der Waals surface area contributed by atoms with Gasteiger partial charge in [0.2, 0.25) is 0 Å². The molecule has 3 heteroatoms. The molecule has 3 aromatic rings. The van der Waals surface area contributed by atoms with Gasteiger partial charge in [0, 0.05) is 36.1 Å². The van der Waals surface area contributed by atoms with Crippen LogP contribution in [0.3, 0.4) is 0 Å². The lowest BCUT2D eigenvalue weighted by Crippen LogP contribution is -2.11. The zero-order valence-electron chi connectivity index (χ0n) is 10.4. The van der Waals surface area contributed by atoms with Crippen LogP contribution in [0.4, 0.5) is 5.69 Å². The van der Waals surface area contributed by atoms with E-state index in [-0.39, 0.29) is 5.56 Å². The van der Waals surface area contributed by atoms with Crippen LogP contribution in [0, 0.1) is 0 Å². The Morgan fingerprint density at radius 1 is 0.944 bits per heavy atom. The third kappa shape index (κ3) is 1.56. The fourth-order valence-electron chi connectivity index (χ4n) is 2.25. The minimum absolute atomic E-state index is 0.0348. The molecular formula is C15H14N2O. The Labute approximate surface area is 105 Å². The van der Waals surface area contributed by atoms with Crippen molar-refractivity contribution in [3.05, 3.63) is 52.8 Å². The van der Waals surface area contributed by atoms with E-state index in [2.05, 4.69) is 4.98 Å². The Balaban J connectivity index is 2.48. The first-order valence-electron chi connectivity index (χ1n) is 5.89. The highest BCUT2D eigenvalue weighted by Crippen LogP contribution is 2.24. The van der Waals surface area contributed by atoms with Gasteiger partial charge in [-0.1, -0.05) is 24.3 Å². The molecule has 0 atom stereocenters. The van der Waals surface area contributed by atoms with E-state index in [4.69, 9.17) is 0 Å². The zero-order chi connectivity index (χ0) is 12.7. The second-order valence-electron chi connectivity index (χ2n) is 4.62. The number of aromatic amines is 1. The number of benzene rings is 2. The van der Waals surface area contributed by atoms with Crippen molar-refractivity contribution >= 4 is 27.4 Å². The van der Waals surface area contributed by atoms with Gasteiger partial charge < -0.3 is 9.88 Å². The van der Waals surface area contributed by atoms with E-state index in [1.165, 1.54) is 0 Å². The quantitative estimate of drug-likeness (QED) is 0.662. The van der Waals surface area contributed by atoms with Crippen LogP contribution in [0.15, 0.2) is 47.3 Å². The monoisotopic (exact) mass is 238 g/mol. The molecule has 90 valence electrons. The lowest BCUT2D eigenvalue weighted by molar-refractivity contribution is 1.13. The number of hydrogen-bond donors (Lipinski definition) is 1. The molecule has 18 heavy (non-hydrogen) atoms. The molecule has 3 rings (SSSR count). The number of nitrogens with zero attached hydrogens (tertiary/aromatic N) is 1. The molecule has 0 amide bonds. The number of H-pyrrole nitrogens is 1. The summed E-state index contributed by atoms with van der Waals surface area (Å²) < 4.78 is 0. The highest BCUT2D eigenvalue weighted by atomic mass is 16.1. The molecule has 0 aliphatic carbocycles. The SMILES string of the molecule is CN(C)c1ccc2c(c1)c(=O)[nH]c1ccccc12. The van der Waals surface area contributed by atoms with Crippen LogP contribution < -0.4 is 10.5 Å². The Hall–Kier alpha value is -2.29. The van der Waals surface area contributed by atoms with Gasteiger partial charge in [0.15, 0.2) is 0 Å². The second kappa shape index (κ2) is 3.88. The van der Waals surface area contributed by atoms with Crippen molar-refractivity contribution in [2.45, 2.75) is 0 Å². The normalized spacial score (nSPS) is 11.0. The molecule has 3 nitrogen and oxygen atoms in total. The summed E-state index contributed by atoms with van der Waals surface area (Å²) in [4.78, 5) is 17.0. The highest BCUT2D eigenvalue weighted by Gasteiger charge is 2.06. The minimum Gasteiger partial charge on any atom is -0.378 e. The van der Waals surface area contributed by atoms with Crippen molar-refractivity contribution < 1.29 is 0 Å². The maximum Gasteiger partial charge on any atom is 0.256 e. The van der Waals surface area contributed by atoms with Crippen molar-refractivity contribution in [1.29, 1.82) is 0 Å². The van der Waals surface area contributed by atoms with Gasteiger partial charge in [-0.05, 0) is 23.6 Å². The maximum absolute atomic E-state index is 12.1. The summed E-state index contributed by atoms with van der Waals surface area (Å²) in [5.74, 6) is 0. The minimum atomic E-state index is -0.0348. The summed E-state index contributed by atoms with van der Waals surface area (Å²) in [5, 5.41) is 2.82. The van der Waals surface area contributed by atoms with Crippen LogP contribution >= 0.6 is 0 Å². The van der Waals surface area contributed by atoms with Crippen LogP contribution in [-0.2, 0) is 0 Å². The molecule has 1 aromatic heterocycles. The predicted molar refractivity (Wildman–Crippen MR) is 76.4 cm³/mol. The summed E-state index contributed by atoms with van der Waals surface area (Å²) in [6.07, 6.45) is 0. The number of anilines is 1. The van der Waals surface area contributed by atoms with E-state index in [1.807, 2.05) is 61.5 Å². The largest absolute Gasteiger partial charge is 0.378 e. The third-order valence-corrected chi connectivity index (χ3v) is 3.23. The molecule has 0 spiro atoms. The molecule has 2 aromatic carbocycles. The Kier molecular flexibility index (Phi) is 2.33. The highest BCUT2D eigenvalue weighted by molar-refractivity contribution is 6.06. The standard InChI is InChI=1S/C15H14N2O/c1-17(2)10-7-8-11-12-5-3-4-6-14(12)16-15(18)13(11)9-10/h3-9H,1-2H3,(H,16,18). The summed E-state index contributed by atoms with van der Waals surface area (Å²) in [6.45, 7) is 0. The van der Waals surface area contributed by atoms with Crippen molar-refractivity contribution in [3.63, 3.8) is 0 Å². The second-order valence-corrected chi connectivity index (χ2v) is 4.62. The van der Waals surface area contributed by atoms with Crippen molar-refractivity contribution in [3.8, 4) is 0 Å². The van der Waals surface area contributed by atoms with E-state index in [1.54, 1.807) is 0 Å². The number of fused-ring (bicyclic) bond motifs is 3. The van der Waals surface area contributed by atoms with Gasteiger partial charge >= 0.3 is 0 Å². The fourth-order valence-corrected chi connectivity index (χ4v) is 2.25. The number of pyridine rings is 1. The average Bonchev–Trinajstić information content (AvgIpc) is 2.38. The molecule has 0 aliphatic heterocycles.